The van der Waals surface area contributed by atoms with Crippen molar-refractivity contribution in [1.82, 2.24) is 9.78 Å². The van der Waals surface area contributed by atoms with E-state index in [4.69, 9.17) is 10.0 Å². The summed E-state index contributed by atoms with van der Waals surface area (Å²) in [6, 6.07) is 0.444. The molecule has 0 aliphatic heterocycles. The van der Waals surface area contributed by atoms with Gasteiger partial charge in [-0.15, -0.1) is 0 Å². The van der Waals surface area contributed by atoms with Gasteiger partial charge in [-0.2, -0.15) is 5.10 Å². The SMILES string of the molecule is OB(O)c1cnn(C2CCCCCC2)c1. The molecule has 1 aromatic heterocycles. The molecule has 1 aromatic rings. The van der Waals surface area contributed by atoms with Gasteiger partial charge in [0.25, 0.3) is 0 Å². The van der Waals surface area contributed by atoms with Crippen molar-refractivity contribution in [2.45, 2.75) is 44.6 Å². The summed E-state index contributed by atoms with van der Waals surface area (Å²) in [4.78, 5) is 0. The molecule has 1 fully saturated rings. The van der Waals surface area contributed by atoms with Crippen LogP contribution in [-0.2, 0) is 0 Å². The number of nitrogens with zero attached hydrogens (tertiary/aromatic N) is 2. The van der Waals surface area contributed by atoms with E-state index in [1.54, 1.807) is 6.20 Å². The van der Waals surface area contributed by atoms with Crippen LogP contribution >= 0.6 is 0 Å². The van der Waals surface area contributed by atoms with Gasteiger partial charge in [0.15, 0.2) is 0 Å². The maximum atomic E-state index is 8.99. The Labute approximate surface area is 90.1 Å². The average molecular weight is 208 g/mol. The van der Waals surface area contributed by atoms with E-state index in [2.05, 4.69) is 5.10 Å². The minimum absolute atomic E-state index is 0.444. The molecule has 4 nitrogen and oxygen atoms in total. The van der Waals surface area contributed by atoms with Crippen LogP contribution in [0.15, 0.2) is 12.4 Å². The number of aromatic nitrogens is 2. The summed E-state index contributed by atoms with van der Waals surface area (Å²) in [6.45, 7) is 0. The molecule has 1 heterocycles. The summed E-state index contributed by atoms with van der Waals surface area (Å²) in [5, 5.41) is 22.2. The molecule has 0 spiro atoms. The highest BCUT2D eigenvalue weighted by Crippen LogP contribution is 2.25. The van der Waals surface area contributed by atoms with Crippen molar-refractivity contribution in [1.29, 1.82) is 0 Å². The normalized spacial score (nSPS) is 18.8. The molecule has 1 aliphatic rings. The lowest BCUT2D eigenvalue weighted by molar-refractivity contribution is 0.405. The molecule has 0 amide bonds. The largest absolute Gasteiger partial charge is 0.491 e. The molecule has 2 rings (SSSR count). The summed E-state index contributed by atoms with van der Waals surface area (Å²) < 4.78 is 1.89. The monoisotopic (exact) mass is 208 g/mol. The molecule has 82 valence electrons. The molecule has 0 saturated heterocycles. The topological polar surface area (TPSA) is 58.3 Å². The van der Waals surface area contributed by atoms with Crippen LogP contribution in [0.3, 0.4) is 0 Å². The van der Waals surface area contributed by atoms with Gasteiger partial charge in [0.1, 0.15) is 0 Å². The van der Waals surface area contributed by atoms with Crippen molar-refractivity contribution in [2.75, 3.05) is 0 Å². The Kier molecular flexibility index (Phi) is 3.43. The highest BCUT2D eigenvalue weighted by molar-refractivity contribution is 6.58. The van der Waals surface area contributed by atoms with E-state index in [0.717, 1.165) is 12.8 Å². The van der Waals surface area contributed by atoms with E-state index >= 15 is 0 Å². The van der Waals surface area contributed by atoms with Gasteiger partial charge in [0.2, 0.25) is 0 Å². The minimum Gasteiger partial charge on any atom is -0.423 e. The highest BCUT2D eigenvalue weighted by atomic mass is 16.4. The van der Waals surface area contributed by atoms with Gasteiger partial charge in [-0.25, -0.2) is 0 Å². The van der Waals surface area contributed by atoms with Crippen LogP contribution in [0.5, 0.6) is 0 Å². The van der Waals surface area contributed by atoms with Gasteiger partial charge in [-0.05, 0) is 12.8 Å². The second-order valence-electron chi connectivity index (χ2n) is 4.27. The predicted molar refractivity (Wildman–Crippen MR) is 58.8 cm³/mol. The predicted octanol–water partition coefficient (Wildman–Crippen LogP) is 0.458. The molecule has 0 unspecified atom stereocenters. The van der Waals surface area contributed by atoms with Crippen LogP contribution in [0.4, 0.5) is 0 Å². The lowest BCUT2D eigenvalue weighted by Crippen LogP contribution is -2.28. The first kappa shape index (κ1) is 10.7. The molecule has 2 N–H and O–H groups in total. The Morgan fingerprint density at radius 3 is 2.40 bits per heavy atom. The second-order valence-corrected chi connectivity index (χ2v) is 4.27. The van der Waals surface area contributed by atoms with Crippen LogP contribution in [0.25, 0.3) is 0 Å². The van der Waals surface area contributed by atoms with E-state index in [9.17, 15) is 0 Å². The van der Waals surface area contributed by atoms with Gasteiger partial charge in [-0.1, -0.05) is 25.7 Å². The van der Waals surface area contributed by atoms with Crippen molar-refractivity contribution in [3.05, 3.63) is 12.4 Å². The zero-order chi connectivity index (χ0) is 10.7. The highest BCUT2D eigenvalue weighted by Gasteiger charge is 2.18. The maximum absolute atomic E-state index is 8.99. The quantitative estimate of drug-likeness (QED) is 0.548. The fraction of sp³-hybridized carbons (Fsp3) is 0.700. The molecule has 0 bridgehead atoms. The third-order valence-electron chi connectivity index (χ3n) is 3.12. The van der Waals surface area contributed by atoms with E-state index in [1.165, 1.54) is 31.9 Å². The molecule has 15 heavy (non-hydrogen) atoms. The van der Waals surface area contributed by atoms with Gasteiger partial charge in [0, 0.05) is 17.9 Å². The summed E-state index contributed by atoms with van der Waals surface area (Å²) >= 11 is 0. The zero-order valence-corrected chi connectivity index (χ0v) is 8.84. The fourth-order valence-corrected chi connectivity index (χ4v) is 2.21. The molecular formula is C10H17BN2O2. The standard InChI is InChI=1S/C10H17BN2O2/c14-11(15)9-7-12-13(8-9)10-5-3-1-2-4-6-10/h7-8,10,14-15H,1-6H2. The lowest BCUT2D eigenvalue weighted by atomic mass is 9.83. The molecular weight excluding hydrogens is 191 g/mol. The molecule has 0 atom stereocenters. The molecule has 1 aliphatic carbocycles. The van der Waals surface area contributed by atoms with Crippen LogP contribution in [0.1, 0.15) is 44.6 Å². The van der Waals surface area contributed by atoms with Gasteiger partial charge in [0.05, 0.1) is 6.04 Å². The molecule has 0 radical (unpaired) electrons. The van der Waals surface area contributed by atoms with E-state index in [-0.39, 0.29) is 0 Å². The minimum atomic E-state index is -1.40. The zero-order valence-electron chi connectivity index (χ0n) is 8.84. The van der Waals surface area contributed by atoms with Gasteiger partial charge in [-0.3, -0.25) is 4.68 Å². The van der Waals surface area contributed by atoms with Crippen molar-refractivity contribution in [3.8, 4) is 0 Å². The third kappa shape index (κ3) is 2.61. The van der Waals surface area contributed by atoms with E-state index in [1.807, 2.05) is 4.68 Å². The fourth-order valence-electron chi connectivity index (χ4n) is 2.21. The van der Waals surface area contributed by atoms with Crippen molar-refractivity contribution in [2.24, 2.45) is 0 Å². The summed E-state index contributed by atoms with van der Waals surface area (Å²) in [7, 11) is -1.40. The average Bonchev–Trinajstić information content (AvgIpc) is 2.55. The van der Waals surface area contributed by atoms with Gasteiger partial charge < -0.3 is 10.0 Å². The lowest BCUT2D eigenvalue weighted by Gasteiger charge is -2.14. The van der Waals surface area contributed by atoms with Crippen molar-refractivity contribution >= 4 is 12.6 Å². The van der Waals surface area contributed by atoms with Gasteiger partial charge >= 0.3 is 7.12 Å². The summed E-state index contributed by atoms with van der Waals surface area (Å²) in [6.07, 6.45) is 10.7. The first-order valence-electron chi connectivity index (χ1n) is 5.67. The second kappa shape index (κ2) is 4.81. The van der Waals surface area contributed by atoms with E-state index in [0.29, 0.717) is 11.5 Å². The van der Waals surface area contributed by atoms with Crippen LogP contribution < -0.4 is 5.46 Å². The Hall–Kier alpha value is -0.805. The summed E-state index contributed by atoms with van der Waals surface area (Å²) in [5.41, 5.74) is 0.485. The molecule has 5 heteroatoms. The number of hydrogen-bond donors (Lipinski definition) is 2. The Morgan fingerprint density at radius 2 is 1.87 bits per heavy atom. The van der Waals surface area contributed by atoms with Crippen molar-refractivity contribution < 1.29 is 10.0 Å². The smallest absolute Gasteiger partial charge is 0.423 e. The first-order valence-corrected chi connectivity index (χ1v) is 5.67. The van der Waals surface area contributed by atoms with Crippen molar-refractivity contribution in [3.63, 3.8) is 0 Å². The van der Waals surface area contributed by atoms with E-state index < -0.39 is 7.12 Å². The maximum Gasteiger partial charge on any atom is 0.491 e. The van der Waals surface area contributed by atoms with Crippen LogP contribution in [0, 0.1) is 0 Å². The Balaban J connectivity index is 2.06. The summed E-state index contributed by atoms with van der Waals surface area (Å²) in [5.74, 6) is 0. The van der Waals surface area contributed by atoms with Crippen LogP contribution in [0.2, 0.25) is 0 Å². The number of hydrogen-bond acceptors (Lipinski definition) is 3. The molecule has 1 saturated carbocycles. The Bertz CT molecular complexity index is 306. The van der Waals surface area contributed by atoms with Crippen LogP contribution in [-0.4, -0.2) is 26.9 Å². The third-order valence-corrected chi connectivity index (χ3v) is 3.12. The Morgan fingerprint density at radius 1 is 1.20 bits per heavy atom. The first-order chi connectivity index (χ1) is 7.27. The number of rotatable bonds is 2. The molecule has 0 aromatic carbocycles.